The summed E-state index contributed by atoms with van der Waals surface area (Å²) < 4.78 is 0. The van der Waals surface area contributed by atoms with Gasteiger partial charge in [-0.15, -0.1) is 0 Å². The number of hydrogen-bond acceptors (Lipinski definition) is 2. The van der Waals surface area contributed by atoms with Crippen molar-refractivity contribution >= 4 is 11.6 Å². The summed E-state index contributed by atoms with van der Waals surface area (Å²) >= 11 is 0. The third-order valence-electron chi connectivity index (χ3n) is 2.87. The fourth-order valence-electron chi connectivity index (χ4n) is 1.74. The van der Waals surface area contributed by atoms with Crippen molar-refractivity contribution in [1.29, 1.82) is 0 Å². The third-order valence-corrected chi connectivity index (χ3v) is 2.87. The minimum absolute atomic E-state index is 0.432. The van der Waals surface area contributed by atoms with Crippen molar-refractivity contribution < 1.29 is 9.59 Å². The zero-order chi connectivity index (χ0) is 13.0. The monoisotopic (exact) mass is 238 g/mol. The van der Waals surface area contributed by atoms with E-state index in [2.05, 4.69) is 0 Å². The SMILES string of the molecule is CCc1ccc(C(=O)C(=O)c2ccccc2)cc1. The van der Waals surface area contributed by atoms with Crippen LogP contribution < -0.4 is 0 Å². The molecule has 2 aromatic carbocycles. The number of aryl methyl sites for hydroxylation is 1. The van der Waals surface area contributed by atoms with Crippen LogP contribution in [0.2, 0.25) is 0 Å². The zero-order valence-electron chi connectivity index (χ0n) is 10.2. The number of Topliss-reactive ketones (excluding diaryl/α,β-unsaturated/α-hetero) is 2. The fraction of sp³-hybridized carbons (Fsp3) is 0.125. The molecule has 2 rings (SSSR count). The van der Waals surface area contributed by atoms with Crippen LogP contribution in [0.4, 0.5) is 0 Å². The highest BCUT2D eigenvalue weighted by molar-refractivity contribution is 6.49. The van der Waals surface area contributed by atoms with Gasteiger partial charge in [0.2, 0.25) is 11.6 Å². The Morgan fingerprint density at radius 3 is 1.78 bits per heavy atom. The Balaban J connectivity index is 2.23. The van der Waals surface area contributed by atoms with Gasteiger partial charge in [-0.3, -0.25) is 9.59 Å². The fourth-order valence-corrected chi connectivity index (χ4v) is 1.74. The van der Waals surface area contributed by atoms with Crippen LogP contribution in [0.5, 0.6) is 0 Å². The summed E-state index contributed by atoms with van der Waals surface area (Å²) in [4.78, 5) is 23.9. The van der Waals surface area contributed by atoms with E-state index in [1.54, 1.807) is 36.4 Å². The predicted molar refractivity (Wildman–Crippen MR) is 70.9 cm³/mol. The maximum atomic E-state index is 12.0. The molecule has 0 N–H and O–H groups in total. The normalized spacial score (nSPS) is 10.1. The lowest BCUT2D eigenvalue weighted by molar-refractivity contribution is 0.0817. The molecule has 2 aromatic rings. The van der Waals surface area contributed by atoms with Crippen LogP contribution in [-0.2, 0) is 6.42 Å². The van der Waals surface area contributed by atoms with Crippen LogP contribution in [-0.4, -0.2) is 11.6 Å². The van der Waals surface area contributed by atoms with Crippen molar-refractivity contribution in [3.05, 3.63) is 71.3 Å². The van der Waals surface area contributed by atoms with E-state index in [0.717, 1.165) is 12.0 Å². The first kappa shape index (κ1) is 12.2. The van der Waals surface area contributed by atoms with Gasteiger partial charge in [-0.05, 0) is 12.0 Å². The molecule has 0 fully saturated rings. The first-order valence-corrected chi connectivity index (χ1v) is 5.95. The van der Waals surface area contributed by atoms with Gasteiger partial charge in [0.25, 0.3) is 0 Å². The van der Waals surface area contributed by atoms with E-state index in [4.69, 9.17) is 0 Å². The number of benzene rings is 2. The van der Waals surface area contributed by atoms with Gasteiger partial charge in [-0.1, -0.05) is 61.5 Å². The zero-order valence-corrected chi connectivity index (χ0v) is 10.2. The molecule has 0 unspecified atom stereocenters. The molecule has 0 atom stereocenters. The summed E-state index contributed by atoms with van der Waals surface area (Å²) in [6.45, 7) is 2.05. The molecule has 0 saturated heterocycles. The van der Waals surface area contributed by atoms with E-state index in [-0.39, 0.29) is 0 Å². The Hall–Kier alpha value is -2.22. The van der Waals surface area contributed by atoms with Gasteiger partial charge in [0, 0.05) is 11.1 Å². The lowest BCUT2D eigenvalue weighted by atomic mass is 10.0. The molecule has 2 nitrogen and oxygen atoms in total. The van der Waals surface area contributed by atoms with E-state index < -0.39 is 11.6 Å². The molecule has 0 saturated carbocycles. The largest absolute Gasteiger partial charge is 0.285 e. The summed E-state index contributed by atoms with van der Waals surface area (Å²) in [6, 6.07) is 15.8. The quantitative estimate of drug-likeness (QED) is 0.605. The first-order chi connectivity index (χ1) is 8.72. The first-order valence-electron chi connectivity index (χ1n) is 5.95. The topological polar surface area (TPSA) is 34.1 Å². The molecule has 0 heterocycles. The molecule has 0 aliphatic carbocycles. The molecule has 0 aromatic heterocycles. The van der Waals surface area contributed by atoms with E-state index in [1.165, 1.54) is 0 Å². The number of carbonyl (C=O) groups excluding carboxylic acids is 2. The van der Waals surface area contributed by atoms with E-state index in [1.807, 2.05) is 25.1 Å². The van der Waals surface area contributed by atoms with Crippen LogP contribution in [0.1, 0.15) is 33.2 Å². The highest BCUT2D eigenvalue weighted by Crippen LogP contribution is 2.10. The van der Waals surface area contributed by atoms with Gasteiger partial charge in [0.05, 0.1) is 0 Å². The average Bonchev–Trinajstić information content (AvgIpc) is 2.47. The van der Waals surface area contributed by atoms with Crippen LogP contribution in [0.15, 0.2) is 54.6 Å². The highest BCUT2D eigenvalue weighted by Gasteiger charge is 2.17. The lowest BCUT2D eigenvalue weighted by Gasteiger charge is -2.02. The summed E-state index contributed by atoms with van der Waals surface area (Å²) in [6.07, 6.45) is 0.918. The molecule has 18 heavy (non-hydrogen) atoms. The minimum Gasteiger partial charge on any atom is -0.285 e. The predicted octanol–water partition coefficient (Wildman–Crippen LogP) is 3.31. The maximum Gasteiger partial charge on any atom is 0.233 e. The Bertz CT molecular complexity index is 553. The number of hydrogen-bond donors (Lipinski definition) is 0. The van der Waals surface area contributed by atoms with Gasteiger partial charge in [-0.2, -0.15) is 0 Å². The third kappa shape index (κ3) is 2.54. The van der Waals surface area contributed by atoms with Crippen molar-refractivity contribution in [2.24, 2.45) is 0 Å². The number of ketones is 2. The van der Waals surface area contributed by atoms with Crippen LogP contribution in [0.25, 0.3) is 0 Å². The van der Waals surface area contributed by atoms with Crippen molar-refractivity contribution in [3.8, 4) is 0 Å². The second kappa shape index (κ2) is 5.41. The molecule has 0 radical (unpaired) electrons. The molecule has 0 amide bonds. The smallest absolute Gasteiger partial charge is 0.233 e. The minimum atomic E-state index is -0.458. The molecule has 90 valence electrons. The van der Waals surface area contributed by atoms with Crippen molar-refractivity contribution in [3.63, 3.8) is 0 Å². The van der Waals surface area contributed by atoms with E-state index in [0.29, 0.717) is 11.1 Å². The van der Waals surface area contributed by atoms with Gasteiger partial charge in [0.1, 0.15) is 0 Å². The summed E-state index contributed by atoms with van der Waals surface area (Å²) in [5, 5.41) is 0. The van der Waals surface area contributed by atoms with E-state index >= 15 is 0 Å². The summed E-state index contributed by atoms with van der Waals surface area (Å²) in [7, 11) is 0. The summed E-state index contributed by atoms with van der Waals surface area (Å²) in [5.41, 5.74) is 2.03. The van der Waals surface area contributed by atoms with Gasteiger partial charge >= 0.3 is 0 Å². The molecular weight excluding hydrogens is 224 g/mol. The molecule has 0 bridgehead atoms. The Morgan fingerprint density at radius 1 is 0.778 bits per heavy atom. The van der Waals surface area contributed by atoms with E-state index in [9.17, 15) is 9.59 Å². The second-order valence-electron chi connectivity index (χ2n) is 4.07. The lowest BCUT2D eigenvalue weighted by Crippen LogP contribution is -2.14. The van der Waals surface area contributed by atoms with Crippen LogP contribution in [0.3, 0.4) is 0 Å². The Morgan fingerprint density at radius 2 is 1.28 bits per heavy atom. The summed E-state index contributed by atoms with van der Waals surface area (Å²) in [5.74, 6) is -0.913. The van der Waals surface area contributed by atoms with Crippen molar-refractivity contribution in [1.82, 2.24) is 0 Å². The Kier molecular flexibility index (Phi) is 3.68. The number of carbonyl (C=O) groups is 2. The van der Waals surface area contributed by atoms with Gasteiger partial charge in [0.15, 0.2) is 0 Å². The average molecular weight is 238 g/mol. The van der Waals surface area contributed by atoms with Crippen molar-refractivity contribution in [2.45, 2.75) is 13.3 Å². The van der Waals surface area contributed by atoms with Crippen LogP contribution in [0, 0.1) is 0 Å². The van der Waals surface area contributed by atoms with Crippen molar-refractivity contribution in [2.75, 3.05) is 0 Å². The molecule has 0 aliphatic rings. The Labute approximate surface area is 106 Å². The molecule has 0 aliphatic heterocycles. The molecular formula is C16H14O2. The van der Waals surface area contributed by atoms with Crippen LogP contribution >= 0.6 is 0 Å². The number of rotatable bonds is 4. The highest BCUT2D eigenvalue weighted by atomic mass is 16.2. The standard InChI is InChI=1S/C16H14O2/c1-2-12-8-10-14(11-9-12)16(18)15(17)13-6-4-3-5-7-13/h3-11H,2H2,1H3. The molecule has 2 heteroatoms. The van der Waals surface area contributed by atoms with Gasteiger partial charge < -0.3 is 0 Å². The van der Waals surface area contributed by atoms with Gasteiger partial charge in [-0.25, -0.2) is 0 Å². The maximum absolute atomic E-state index is 12.0. The second-order valence-corrected chi connectivity index (χ2v) is 4.07. The molecule has 0 spiro atoms.